The van der Waals surface area contributed by atoms with E-state index < -0.39 is 0 Å². The van der Waals surface area contributed by atoms with Gasteiger partial charge in [-0.25, -0.2) is 0 Å². The molecule has 0 spiro atoms. The van der Waals surface area contributed by atoms with Crippen molar-refractivity contribution >= 4 is 14.8 Å². The summed E-state index contributed by atoms with van der Waals surface area (Å²) in [5.41, 5.74) is 0. The summed E-state index contributed by atoms with van der Waals surface area (Å²) in [6, 6.07) is 0. The SMILES string of the molecule is CN(C)C=P. The Bertz CT molecular complexity index is 33.9. The minimum Gasteiger partial charge on any atom is -0.284 e. The van der Waals surface area contributed by atoms with Gasteiger partial charge in [-0.1, -0.05) is 0 Å². The van der Waals surface area contributed by atoms with Crippen molar-refractivity contribution < 1.29 is 0 Å². The molecule has 0 aromatic rings. The Morgan fingerprint density at radius 1 is 1.60 bits per heavy atom. The Kier molecular flexibility index (Phi) is 2.43. The van der Waals surface area contributed by atoms with E-state index in [0.29, 0.717) is 0 Å². The summed E-state index contributed by atoms with van der Waals surface area (Å²) in [7, 11) is 7.06. The second-order valence-corrected chi connectivity index (χ2v) is 1.35. The highest BCUT2D eigenvalue weighted by molar-refractivity contribution is 7.17. The third kappa shape index (κ3) is 4.13. The quantitative estimate of drug-likeness (QED) is 0.421. The van der Waals surface area contributed by atoms with E-state index in [0.717, 1.165) is 0 Å². The van der Waals surface area contributed by atoms with Crippen molar-refractivity contribution in [2.24, 2.45) is 0 Å². The van der Waals surface area contributed by atoms with Gasteiger partial charge < -0.3 is 0 Å². The average molecular weight is 89.1 g/mol. The lowest BCUT2D eigenvalue weighted by molar-refractivity contribution is 0.653. The van der Waals surface area contributed by atoms with Crippen LogP contribution in [0.4, 0.5) is 0 Å². The van der Waals surface area contributed by atoms with Gasteiger partial charge in [-0.05, 0) is 20.0 Å². The van der Waals surface area contributed by atoms with Crippen molar-refractivity contribution in [2.75, 3.05) is 14.1 Å². The fourth-order valence-electron chi connectivity index (χ4n) is 0. The highest BCUT2D eigenvalue weighted by Crippen LogP contribution is 1.61. The van der Waals surface area contributed by atoms with E-state index in [-0.39, 0.29) is 0 Å². The molecular weight excluding hydrogens is 81.0 g/mol. The molecule has 0 aromatic carbocycles. The van der Waals surface area contributed by atoms with Crippen molar-refractivity contribution in [3.63, 3.8) is 0 Å². The van der Waals surface area contributed by atoms with Crippen LogP contribution in [0.15, 0.2) is 0 Å². The molecule has 0 unspecified atom stereocenters. The van der Waals surface area contributed by atoms with Crippen molar-refractivity contribution in [2.45, 2.75) is 0 Å². The third-order valence-corrected chi connectivity index (χ3v) is 0.775. The van der Waals surface area contributed by atoms with Crippen LogP contribution in [0.5, 0.6) is 0 Å². The van der Waals surface area contributed by atoms with E-state index in [1.54, 1.807) is 5.92 Å². The minimum absolute atomic E-state index is 1.81. The third-order valence-electron chi connectivity index (χ3n) is 0.258. The molecule has 30 valence electrons. The first-order valence-corrected chi connectivity index (χ1v) is 2.02. The maximum absolute atomic E-state index is 3.16. The van der Waals surface area contributed by atoms with Crippen molar-refractivity contribution in [3.8, 4) is 0 Å². The maximum atomic E-state index is 3.16. The van der Waals surface area contributed by atoms with Gasteiger partial charge in [-0.2, -0.15) is 0 Å². The number of nitrogens with zero attached hydrogens (tertiary/aromatic N) is 1. The smallest absolute Gasteiger partial charge is 0.000224 e. The second-order valence-electron chi connectivity index (χ2n) is 1.09. The summed E-state index contributed by atoms with van der Waals surface area (Å²) in [5.74, 6) is 1.81. The van der Waals surface area contributed by atoms with E-state index in [9.17, 15) is 0 Å². The maximum Gasteiger partial charge on any atom is -0.000224 e. The van der Waals surface area contributed by atoms with Gasteiger partial charge in [0.05, 0.1) is 0 Å². The van der Waals surface area contributed by atoms with Gasteiger partial charge in [0.1, 0.15) is 0 Å². The van der Waals surface area contributed by atoms with Crippen LogP contribution in [0.2, 0.25) is 0 Å². The second kappa shape index (κ2) is 2.37. The molecule has 1 nitrogen and oxygen atoms in total. The highest BCUT2D eigenvalue weighted by Gasteiger charge is 1.65. The zero-order chi connectivity index (χ0) is 4.28. The van der Waals surface area contributed by atoms with Crippen LogP contribution in [0, 0.1) is 0 Å². The van der Waals surface area contributed by atoms with Gasteiger partial charge in [0.15, 0.2) is 0 Å². The molecule has 0 atom stereocenters. The molecule has 0 amide bonds. The molecule has 0 aliphatic rings. The van der Waals surface area contributed by atoms with E-state index >= 15 is 0 Å². The molecule has 0 rings (SSSR count). The largest absolute Gasteiger partial charge is 0.284 e. The molecule has 0 fully saturated rings. The topological polar surface area (TPSA) is 3.24 Å². The number of hydrogen-bond donors (Lipinski definition) is 0. The van der Waals surface area contributed by atoms with Gasteiger partial charge >= 0.3 is 0 Å². The Balaban J connectivity index is 2.83. The zero-order valence-corrected chi connectivity index (χ0v) is 4.52. The van der Waals surface area contributed by atoms with Gasteiger partial charge in [0.2, 0.25) is 0 Å². The van der Waals surface area contributed by atoms with E-state index in [1.165, 1.54) is 0 Å². The van der Waals surface area contributed by atoms with E-state index in [4.69, 9.17) is 0 Å². The van der Waals surface area contributed by atoms with Crippen LogP contribution in [-0.2, 0) is 0 Å². The first-order chi connectivity index (χ1) is 2.27. The molecule has 0 saturated carbocycles. The van der Waals surface area contributed by atoms with Crippen LogP contribution in [0.25, 0.3) is 0 Å². The van der Waals surface area contributed by atoms with Gasteiger partial charge in [-0.3, -0.25) is 4.90 Å². The standard InChI is InChI=1S/C3H8NP/c1-4(2)3-5/h3,5H,1-2H3. The van der Waals surface area contributed by atoms with Gasteiger partial charge in [0, 0.05) is 0 Å². The van der Waals surface area contributed by atoms with Crippen LogP contribution >= 0.6 is 8.86 Å². The molecule has 0 aliphatic heterocycles. The normalized spacial score (nSPS) is 8.60. The van der Waals surface area contributed by atoms with Crippen LogP contribution in [0.1, 0.15) is 0 Å². The van der Waals surface area contributed by atoms with Crippen LogP contribution in [0.3, 0.4) is 0 Å². The highest BCUT2D eigenvalue weighted by atomic mass is 31.0. The molecular formula is C3H8NP. The lowest BCUT2D eigenvalue weighted by Gasteiger charge is -1.93. The van der Waals surface area contributed by atoms with Crippen molar-refractivity contribution in [1.82, 2.24) is 4.90 Å². The average Bonchev–Trinajstić information content (AvgIpc) is 1.38. The van der Waals surface area contributed by atoms with Crippen molar-refractivity contribution in [3.05, 3.63) is 0 Å². The summed E-state index contributed by atoms with van der Waals surface area (Å²) in [5, 5.41) is 0. The lowest BCUT2D eigenvalue weighted by Crippen LogP contribution is -2.04. The number of hydrogen-bond acceptors (Lipinski definition) is 0. The molecule has 0 bridgehead atoms. The molecule has 0 radical (unpaired) electrons. The monoisotopic (exact) mass is 89.0 g/mol. The number of rotatable bonds is 1. The summed E-state index contributed by atoms with van der Waals surface area (Å²) in [6.07, 6.45) is 0. The molecule has 5 heavy (non-hydrogen) atoms. The molecule has 0 heterocycles. The predicted molar refractivity (Wildman–Crippen MR) is 28.1 cm³/mol. The molecule has 0 aromatic heterocycles. The van der Waals surface area contributed by atoms with E-state index in [2.05, 4.69) is 8.86 Å². The molecule has 0 saturated heterocycles. The molecule has 2 heteroatoms. The fourth-order valence-corrected chi connectivity index (χ4v) is 0. The van der Waals surface area contributed by atoms with E-state index in [1.807, 2.05) is 19.0 Å². The Hall–Kier alpha value is 0.130. The molecule has 0 N–H and O–H groups in total. The summed E-state index contributed by atoms with van der Waals surface area (Å²) in [4.78, 5) is 1.91. The predicted octanol–water partition coefficient (Wildman–Crippen LogP) is 0.450. The van der Waals surface area contributed by atoms with Gasteiger partial charge in [0.25, 0.3) is 0 Å². The van der Waals surface area contributed by atoms with Gasteiger partial charge in [-0.15, -0.1) is 8.86 Å². The summed E-state index contributed by atoms with van der Waals surface area (Å²) < 4.78 is 0. The zero-order valence-electron chi connectivity index (χ0n) is 3.52. The fraction of sp³-hybridized carbons (Fsp3) is 0.667. The minimum atomic E-state index is 1.81. The van der Waals surface area contributed by atoms with Crippen molar-refractivity contribution in [1.29, 1.82) is 0 Å². The van der Waals surface area contributed by atoms with Crippen LogP contribution in [-0.4, -0.2) is 24.9 Å². The summed E-state index contributed by atoms with van der Waals surface area (Å²) >= 11 is 0. The lowest BCUT2D eigenvalue weighted by atomic mass is 11.0. The molecule has 0 aliphatic carbocycles. The first kappa shape index (κ1) is 5.13. The Morgan fingerprint density at radius 3 is 1.80 bits per heavy atom. The summed E-state index contributed by atoms with van der Waals surface area (Å²) in [6.45, 7) is 0. The first-order valence-electron chi connectivity index (χ1n) is 1.44. The Morgan fingerprint density at radius 2 is 1.80 bits per heavy atom. The Labute approximate surface area is 34.8 Å². The van der Waals surface area contributed by atoms with Crippen LogP contribution < -0.4 is 0 Å².